The second-order valence-corrected chi connectivity index (χ2v) is 5.54. The van der Waals surface area contributed by atoms with E-state index in [1.165, 1.54) is 0 Å². The molecule has 2 aliphatic heterocycles. The van der Waals surface area contributed by atoms with Crippen LogP contribution in [0.5, 0.6) is 0 Å². The highest BCUT2D eigenvalue weighted by molar-refractivity contribution is 9.09. The van der Waals surface area contributed by atoms with E-state index in [4.69, 9.17) is 4.74 Å². The summed E-state index contributed by atoms with van der Waals surface area (Å²) in [6.07, 6.45) is 1.81. The maximum Gasteiger partial charge on any atom is 0.225 e. The third-order valence-electron chi connectivity index (χ3n) is 3.66. The lowest BCUT2D eigenvalue weighted by atomic mass is 9.98. The lowest BCUT2D eigenvalue weighted by Crippen LogP contribution is -2.51. The summed E-state index contributed by atoms with van der Waals surface area (Å²) in [5, 5.41) is 1.01. The van der Waals surface area contributed by atoms with Crippen molar-refractivity contribution in [2.75, 3.05) is 51.3 Å². The van der Waals surface area contributed by atoms with Crippen LogP contribution in [0.1, 0.15) is 12.8 Å². The van der Waals surface area contributed by atoms with E-state index in [-0.39, 0.29) is 5.92 Å². The standard InChI is InChI=1S/C12H21BrN2O2/c13-3-4-14-5-7-15(8-6-14)12(16)11-1-9-17-10-2-11/h11H,1-10H2. The van der Waals surface area contributed by atoms with E-state index in [1.54, 1.807) is 0 Å². The molecule has 0 bridgehead atoms. The van der Waals surface area contributed by atoms with Crippen LogP contribution >= 0.6 is 15.9 Å². The number of rotatable bonds is 3. The van der Waals surface area contributed by atoms with Gasteiger partial charge in [0.25, 0.3) is 0 Å². The SMILES string of the molecule is O=C(C1CCOCC1)N1CCN(CCBr)CC1. The van der Waals surface area contributed by atoms with Gasteiger partial charge in [0.15, 0.2) is 0 Å². The van der Waals surface area contributed by atoms with Crippen molar-refractivity contribution in [2.45, 2.75) is 12.8 Å². The van der Waals surface area contributed by atoms with Crippen molar-refractivity contribution in [3.8, 4) is 0 Å². The number of piperazine rings is 1. The van der Waals surface area contributed by atoms with Crippen LogP contribution in [0.3, 0.4) is 0 Å². The molecule has 2 rings (SSSR count). The van der Waals surface area contributed by atoms with E-state index in [9.17, 15) is 4.79 Å². The summed E-state index contributed by atoms with van der Waals surface area (Å²) in [6, 6.07) is 0. The van der Waals surface area contributed by atoms with E-state index in [0.717, 1.165) is 64.1 Å². The minimum absolute atomic E-state index is 0.214. The fourth-order valence-electron chi connectivity index (χ4n) is 2.51. The number of hydrogen-bond donors (Lipinski definition) is 0. The first kappa shape index (κ1) is 13.3. The molecule has 0 unspecified atom stereocenters. The summed E-state index contributed by atoms with van der Waals surface area (Å²) in [5.41, 5.74) is 0. The molecule has 2 saturated heterocycles. The summed E-state index contributed by atoms with van der Waals surface area (Å²) in [7, 11) is 0. The summed E-state index contributed by atoms with van der Waals surface area (Å²) in [5.74, 6) is 0.568. The van der Waals surface area contributed by atoms with Gasteiger partial charge in [0, 0.05) is 57.2 Å². The molecule has 1 amide bonds. The van der Waals surface area contributed by atoms with Crippen molar-refractivity contribution >= 4 is 21.8 Å². The summed E-state index contributed by atoms with van der Waals surface area (Å²) in [6.45, 7) is 6.40. The topological polar surface area (TPSA) is 32.8 Å². The summed E-state index contributed by atoms with van der Waals surface area (Å²) >= 11 is 3.46. The molecule has 2 heterocycles. The molecule has 0 aromatic heterocycles. The number of halogens is 1. The minimum atomic E-state index is 0.214. The van der Waals surface area contributed by atoms with Crippen molar-refractivity contribution in [3.63, 3.8) is 0 Å². The molecule has 0 atom stereocenters. The number of alkyl halides is 1. The van der Waals surface area contributed by atoms with E-state index in [1.807, 2.05) is 4.90 Å². The zero-order chi connectivity index (χ0) is 12.1. The van der Waals surface area contributed by atoms with Gasteiger partial charge in [-0.1, -0.05) is 15.9 Å². The highest BCUT2D eigenvalue weighted by Crippen LogP contribution is 2.18. The number of amides is 1. The lowest BCUT2D eigenvalue weighted by molar-refractivity contribution is -0.140. The van der Waals surface area contributed by atoms with E-state index in [0.29, 0.717) is 5.91 Å². The molecule has 4 nitrogen and oxygen atoms in total. The van der Waals surface area contributed by atoms with Gasteiger partial charge in [0.2, 0.25) is 5.91 Å². The van der Waals surface area contributed by atoms with Gasteiger partial charge < -0.3 is 9.64 Å². The maximum absolute atomic E-state index is 12.3. The van der Waals surface area contributed by atoms with Crippen LogP contribution in [0.4, 0.5) is 0 Å². The molecule has 5 heteroatoms. The maximum atomic E-state index is 12.3. The van der Waals surface area contributed by atoms with Gasteiger partial charge >= 0.3 is 0 Å². The first-order chi connectivity index (χ1) is 8.31. The van der Waals surface area contributed by atoms with Crippen LogP contribution in [0.15, 0.2) is 0 Å². The first-order valence-electron chi connectivity index (χ1n) is 6.46. The van der Waals surface area contributed by atoms with E-state index in [2.05, 4.69) is 20.8 Å². The van der Waals surface area contributed by atoms with Gasteiger partial charge in [-0.15, -0.1) is 0 Å². The van der Waals surface area contributed by atoms with Gasteiger partial charge in [-0.25, -0.2) is 0 Å². The Balaban J connectivity index is 1.77. The Bertz CT molecular complexity index is 249. The minimum Gasteiger partial charge on any atom is -0.381 e. The molecule has 0 N–H and O–H groups in total. The fourth-order valence-corrected chi connectivity index (χ4v) is 3.02. The Morgan fingerprint density at radius 2 is 1.82 bits per heavy atom. The fraction of sp³-hybridized carbons (Fsp3) is 0.917. The van der Waals surface area contributed by atoms with Gasteiger partial charge in [-0.2, -0.15) is 0 Å². The van der Waals surface area contributed by atoms with Crippen molar-refractivity contribution in [2.24, 2.45) is 5.92 Å². The first-order valence-corrected chi connectivity index (χ1v) is 7.58. The molecule has 2 aliphatic rings. The number of carbonyl (C=O) groups is 1. The molecular formula is C12H21BrN2O2. The normalized spacial score (nSPS) is 23.9. The number of nitrogens with zero attached hydrogens (tertiary/aromatic N) is 2. The van der Waals surface area contributed by atoms with Gasteiger partial charge in [0.05, 0.1) is 0 Å². The molecule has 0 spiro atoms. The zero-order valence-electron chi connectivity index (χ0n) is 10.2. The third-order valence-corrected chi connectivity index (χ3v) is 4.01. The van der Waals surface area contributed by atoms with E-state index < -0.39 is 0 Å². The smallest absolute Gasteiger partial charge is 0.225 e. The summed E-state index contributed by atoms with van der Waals surface area (Å²) in [4.78, 5) is 16.7. The second-order valence-electron chi connectivity index (χ2n) is 4.74. The molecule has 0 aromatic rings. The number of hydrogen-bond acceptors (Lipinski definition) is 3. The summed E-state index contributed by atoms with van der Waals surface area (Å²) < 4.78 is 5.30. The van der Waals surface area contributed by atoms with Gasteiger partial charge in [0.1, 0.15) is 0 Å². The largest absolute Gasteiger partial charge is 0.381 e. The van der Waals surface area contributed by atoms with Crippen LogP contribution in [0.2, 0.25) is 0 Å². The van der Waals surface area contributed by atoms with Crippen LogP contribution in [0, 0.1) is 5.92 Å². The van der Waals surface area contributed by atoms with Gasteiger partial charge in [-0.05, 0) is 12.8 Å². The molecule has 0 saturated carbocycles. The average molecular weight is 305 g/mol. The van der Waals surface area contributed by atoms with E-state index >= 15 is 0 Å². The third kappa shape index (κ3) is 3.66. The van der Waals surface area contributed by atoms with Crippen LogP contribution in [0.25, 0.3) is 0 Å². The highest BCUT2D eigenvalue weighted by Gasteiger charge is 2.28. The Morgan fingerprint density at radius 3 is 2.41 bits per heavy atom. The molecule has 0 aliphatic carbocycles. The number of carbonyl (C=O) groups excluding carboxylic acids is 1. The quantitative estimate of drug-likeness (QED) is 0.728. The molecule has 0 radical (unpaired) electrons. The van der Waals surface area contributed by atoms with Crippen molar-refractivity contribution < 1.29 is 9.53 Å². The van der Waals surface area contributed by atoms with Crippen molar-refractivity contribution in [1.29, 1.82) is 0 Å². The molecule has 17 heavy (non-hydrogen) atoms. The van der Waals surface area contributed by atoms with Crippen molar-refractivity contribution in [3.05, 3.63) is 0 Å². The number of ether oxygens (including phenoxy) is 1. The predicted octanol–water partition coefficient (Wildman–Crippen LogP) is 0.952. The lowest BCUT2D eigenvalue weighted by Gasteiger charge is -2.36. The molecular weight excluding hydrogens is 284 g/mol. The highest BCUT2D eigenvalue weighted by atomic mass is 79.9. The monoisotopic (exact) mass is 304 g/mol. The van der Waals surface area contributed by atoms with Crippen molar-refractivity contribution in [1.82, 2.24) is 9.80 Å². The second kappa shape index (κ2) is 6.71. The Labute approximate surface area is 111 Å². The van der Waals surface area contributed by atoms with Crippen LogP contribution in [-0.2, 0) is 9.53 Å². The predicted molar refractivity (Wildman–Crippen MR) is 70.4 cm³/mol. The molecule has 0 aromatic carbocycles. The Hall–Kier alpha value is -0.130. The Kier molecular flexibility index (Phi) is 5.25. The van der Waals surface area contributed by atoms with Gasteiger partial charge in [-0.3, -0.25) is 9.69 Å². The van der Waals surface area contributed by atoms with Crippen LogP contribution < -0.4 is 0 Å². The molecule has 98 valence electrons. The Morgan fingerprint density at radius 1 is 1.18 bits per heavy atom. The van der Waals surface area contributed by atoms with Crippen LogP contribution in [-0.4, -0.2) is 67.0 Å². The average Bonchev–Trinajstić information content (AvgIpc) is 2.40. The zero-order valence-corrected chi connectivity index (χ0v) is 11.8. The molecule has 2 fully saturated rings.